The minimum absolute atomic E-state index is 0.329. The third kappa shape index (κ3) is 4.37. The molecule has 0 bridgehead atoms. The number of nitrogens with zero attached hydrogens (tertiary/aromatic N) is 2. The molecule has 1 N–H and O–H groups in total. The van der Waals surface area contributed by atoms with Crippen LogP contribution in [0.2, 0.25) is 0 Å². The summed E-state index contributed by atoms with van der Waals surface area (Å²) in [7, 11) is 0. The van der Waals surface area contributed by atoms with E-state index in [2.05, 4.69) is 22.2 Å². The summed E-state index contributed by atoms with van der Waals surface area (Å²) in [5, 5.41) is 3.21. The highest BCUT2D eigenvalue weighted by Gasteiger charge is 2.16. The fourth-order valence-electron chi connectivity index (χ4n) is 2.39. The van der Waals surface area contributed by atoms with Crippen LogP contribution in [0.5, 0.6) is 5.88 Å². The van der Waals surface area contributed by atoms with Gasteiger partial charge in [0.25, 0.3) is 0 Å². The predicted octanol–water partition coefficient (Wildman–Crippen LogP) is 3.71. The van der Waals surface area contributed by atoms with Gasteiger partial charge in [0.05, 0.1) is 0 Å². The monoisotopic (exact) mass is 263 g/mol. The van der Waals surface area contributed by atoms with E-state index < -0.39 is 0 Å². The van der Waals surface area contributed by atoms with Crippen LogP contribution >= 0.6 is 0 Å². The Bertz CT molecular complexity index is 387. The summed E-state index contributed by atoms with van der Waals surface area (Å²) in [5.41, 5.74) is 1.02. The zero-order valence-electron chi connectivity index (χ0n) is 12.1. The fraction of sp³-hybridized carbons (Fsp3) is 0.733. The number of hydrogen-bond donors (Lipinski definition) is 1. The third-order valence-corrected chi connectivity index (χ3v) is 3.54. The number of rotatable bonds is 5. The van der Waals surface area contributed by atoms with Crippen LogP contribution in [0.1, 0.15) is 57.4 Å². The predicted molar refractivity (Wildman–Crippen MR) is 77.7 cm³/mol. The molecule has 0 spiro atoms. The molecule has 19 heavy (non-hydrogen) atoms. The number of nitrogens with one attached hydrogen (secondary N) is 1. The molecule has 1 saturated carbocycles. The molecule has 0 atom stereocenters. The Hall–Kier alpha value is -1.32. The topological polar surface area (TPSA) is 47.0 Å². The molecule has 0 saturated heterocycles. The van der Waals surface area contributed by atoms with Gasteiger partial charge >= 0.3 is 0 Å². The highest BCUT2D eigenvalue weighted by Crippen LogP contribution is 2.24. The fourth-order valence-corrected chi connectivity index (χ4v) is 2.39. The standard InChI is InChI=1S/C15H25N3O/c1-3-10-16-15-17-11-12(2)14(18-15)19-13-8-6-4-5-7-9-13/h11,13H,3-10H2,1-2H3,(H,16,17,18). The minimum atomic E-state index is 0.329. The molecule has 0 amide bonds. The first-order valence-corrected chi connectivity index (χ1v) is 7.53. The van der Waals surface area contributed by atoms with Gasteiger partial charge in [0.1, 0.15) is 6.10 Å². The molecular weight excluding hydrogens is 238 g/mol. The summed E-state index contributed by atoms with van der Waals surface area (Å²) >= 11 is 0. The molecular formula is C15H25N3O. The van der Waals surface area contributed by atoms with Crippen molar-refractivity contribution in [3.8, 4) is 5.88 Å². The lowest BCUT2D eigenvalue weighted by molar-refractivity contribution is 0.175. The van der Waals surface area contributed by atoms with Gasteiger partial charge < -0.3 is 10.1 Å². The number of hydrogen-bond acceptors (Lipinski definition) is 4. The zero-order valence-corrected chi connectivity index (χ0v) is 12.1. The Morgan fingerprint density at radius 2 is 2.00 bits per heavy atom. The minimum Gasteiger partial charge on any atom is -0.474 e. The summed E-state index contributed by atoms with van der Waals surface area (Å²) in [5.74, 6) is 1.43. The van der Waals surface area contributed by atoms with Gasteiger partial charge in [0, 0.05) is 18.3 Å². The van der Waals surface area contributed by atoms with Gasteiger partial charge in [0.15, 0.2) is 0 Å². The average Bonchev–Trinajstić information content (AvgIpc) is 2.68. The Balaban J connectivity index is 2.00. The van der Waals surface area contributed by atoms with Crippen LogP contribution in [0.15, 0.2) is 6.20 Å². The Kier molecular flexibility index (Phi) is 5.43. The Labute approximate surface area is 116 Å². The molecule has 4 nitrogen and oxygen atoms in total. The van der Waals surface area contributed by atoms with Crippen LogP contribution in [0.3, 0.4) is 0 Å². The number of anilines is 1. The van der Waals surface area contributed by atoms with Crippen LogP contribution in [0, 0.1) is 6.92 Å². The molecule has 1 aliphatic rings. The molecule has 0 aromatic carbocycles. The first-order valence-electron chi connectivity index (χ1n) is 7.53. The maximum absolute atomic E-state index is 6.10. The van der Waals surface area contributed by atoms with Gasteiger partial charge in [0.2, 0.25) is 11.8 Å². The molecule has 1 aliphatic carbocycles. The van der Waals surface area contributed by atoms with E-state index in [0.29, 0.717) is 12.1 Å². The summed E-state index contributed by atoms with van der Waals surface area (Å²) in [6.07, 6.45) is 10.8. The first-order chi connectivity index (χ1) is 9.29. The van der Waals surface area contributed by atoms with E-state index in [1.165, 1.54) is 25.7 Å². The Morgan fingerprint density at radius 3 is 2.68 bits per heavy atom. The third-order valence-electron chi connectivity index (χ3n) is 3.54. The number of aromatic nitrogens is 2. The van der Waals surface area contributed by atoms with Crippen LogP contribution in [0.25, 0.3) is 0 Å². The van der Waals surface area contributed by atoms with Crippen molar-refractivity contribution in [1.29, 1.82) is 0 Å². The van der Waals surface area contributed by atoms with Gasteiger partial charge in [-0.25, -0.2) is 4.98 Å². The van der Waals surface area contributed by atoms with Crippen molar-refractivity contribution in [2.24, 2.45) is 0 Å². The number of ether oxygens (including phenoxy) is 1. The second-order valence-corrected chi connectivity index (χ2v) is 5.34. The number of aryl methyl sites for hydroxylation is 1. The largest absolute Gasteiger partial charge is 0.474 e. The summed E-state index contributed by atoms with van der Waals surface area (Å²) in [6.45, 7) is 5.03. The van der Waals surface area contributed by atoms with Crippen molar-refractivity contribution in [1.82, 2.24) is 9.97 Å². The van der Waals surface area contributed by atoms with Crippen molar-refractivity contribution in [2.75, 3.05) is 11.9 Å². The first kappa shape index (κ1) is 14.1. The van der Waals surface area contributed by atoms with E-state index in [1.54, 1.807) is 0 Å². The van der Waals surface area contributed by atoms with E-state index in [0.717, 1.165) is 37.3 Å². The van der Waals surface area contributed by atoms with Gasteiger partial charge in [-0.3, -0.25) is 0 Å². The van der Waals surface area contributed by atoms with E-state index in [4.69, 9.17) is 4.74 Å². The highest BCUT2D eigenvalue weighted by molar-refractivity contribution is 5.32. The van der Waals surface area contributed by atoms with Gasteiger partial charge in [-0.2, -0.15) is 4.98 Å². The van der Waals surface area contributed by atoms with E-state index in [-0.39, 0.29) is 0 Å². The maximum atomic E-state index is 6.10. The molecule has 0 radical (unpaired) electrons. The van der Waals surface area contributed by atoms with Crippen molar-refractivity contribution >= 4 is 5.95 Å². The highest BCUT2D eigenvalue weighted by atomic mass is 16.5. The quantitative estimate of drug-likeness (QED) is 0.823. The Morgan fingerprint density at radius 1 is 1.26 bits per heavy atom. The maximum Gasteiger partial charge on any atom is 0.225 e. The lowest BCUT2D eigenvalue weighted by Gasteiger charge is -2.18. The second-order valence-electron chi connectivity index (χ2n) is 5.34. The smallest absolute Gasteiger partial charge is 0.225 e. The van der Waals surface area contributed by atoms with Gasteiger partial charge in [-0.1, -0.05) is 19.8 Å². The molecule has 1 aromatic rings. The summed E-state index contributed by atoms with van der Waals surface area (Å²) < 4.78 is 6.10. The lowest BCUT2D eigenvalue weighted by Crippen LogP contribution is -2.17. The summed E-state index contributed by atoms with van der Waals surface area (Å²) in [4.78, 5) is 8.78. The van der Waals surface area contributed by atoms with Gasteiger partial charge in [-0.05, 0) is 39.0 Å². The molecule has 2 rings (SSSR count). The second kappa shape index (κ2) is 7.31. The van der Waals surface area contributed by atoms with Crippen LogP contribution in [-0.2, 0) is 0 Å². The van der Waals surface area contributed by atoms with Crippen molar-refractivity contribution in [3.63, 3.8) is 0 Å². The van der Waals surface area contributed by atoms with E-state index in [9.17, 15) is 0 Å². The zero-order chi connectivity index (χ0) is 13.5. The van der Waals surface area contributed by atoms with Crippen molar-refractivity contribution in [3.05, 3.63) is 11.8 Å². The summed E-state index contributed by atoms with van der Waals surface area (Å²) in [6, 6.07) is 0. The van der Waals surface area contributed by atoms with Crippen LogP contribution in [-0.4, -0.2) is 22.6 Å². The van der Waals surface area contributed by atoms with Crippen LogP contribution in [0.4, 0.5) is 5.95 Å². The van der Waals surface area contributed by atoms with E-state index >= 15 is 0 Å². The normalized spacial score (nSPS) is 16.9. The average molecular weight is 263 g/mol. The SMILES string of the molecule is CCCNc1ncc(C)c(OC2CCCCCC2)n1. The van der Waals surface area contributed by atoms with Crippen molar-refractivity contribution < 1.29 is 4.74 Å². The van der Waals surface area contributed by atoms with Crippen LogP contribution < -0.4 is 10.1 Å². The molecule has 1 heterocycles. The molecule has 0 aliphatic heterocycles. The lowest BCUT2D eigenvalue weighted by atomic mass is 10.1. The molecule has 4 heteroatoms. The molecule has 106 valence electrons. The molecule has 0 unspecified atom stereocenters. The van der Waals surface area contributed by atoms with Gasteiger partial charge in [-0.15, -0.1) is 0 Å². The van der Waals surface area contributed by atoms with E-state index in [1.807, 2.05) is 13.1 Å². The molecule has 1 aromatic heterocycles. The van der Waals surface area contributed by atoms with Crippen molar-refractivity contribution in [2.45, 2.75) is 64.9 Å². The molecule has 1 fully saturated rings.